The van der Waals surface area contributed by atoms with Crippen molar-refractivity contribution in [3.8, 4) is 0 Å². The van der Waals surface area contributed by atoms with Crippen LogP contribution in [-0.2, 0) is 6.42 Å². The number of H-pyrrole nitrogens is 1. The molecule has 2 aromatic heterocycles. The molecule has 0 spiro atoms. The van der Waals surface area contributed by atoms with E-state index in [0.717, 1.165) is 37.0 Å². The monoisotopic (exact) mass is 391 g/mol. The highest BCUT2D eigenvalue weighted by Crippen LogP contribution is 2.37. The Labute approximate surface area is 162 Å². The minimum absolute atomic E-state index is 0.383. The van der Waals surface area contributed by atoms with Gasteiger partial charge in [0.15, 0.2) is 5.65 Å². The number of aryl methyl sites for hydroxylation is 1. The van der Waals surface area contributed by atoms with Gasteiger partial charge in [-0.15, -0.1) is 0 Å². The zero-order valence-corrected chi connectivity index (χ0v) is 15.8. The van der Waals surface area contributed by atoms with Crippen molar-refractivity contribution in [2.75, 3.05) is 0 Å². The van der Waals surface area contributed by atoms with Crippen molar-refractivity contribution in [3.63, 3.8) is 0 Å². The zero-order valence-electron chi connectivity index (χ0n) is 14.3. The van der Waals surface area contributed by atoms with Gasteiger partial charge in [0.05, 0.1) is 5.52 Å². The number of rotatable bonds is 4. The summed E-state index contributed by atoms with van der Waals surface area (Å²) in [6.07, 6.45) is 6.71. The van der Waals surface area contributed by atoms with Crippen molar-refractivity contribution in [3.05, 3.63) is 57.7 Å². The number of pyridine rings is 1. The van der Waals surface area contributed by atoms with Gasteiger partial charge in [0, 0.05) is 16.0 Å². The van der Waals surface area contributed by atoms with Gasteiger partial charge >= 0.3 is 0 Å². The molecule has 0 aliphatic heterocycles. The molecular weight excluding hydrogens is 372 g/mol. The third kappa shape index (κ3) is 4.02. The highest BCUT2D eigenvalue weighted by molar-refractivity contribution is 6.34. The molecule has 26 heavy (non-hydrogen) atoms. The highest BCUT2D eigenvalue weighted by atomic mass is 35.5. The number of fused-ring (bicyclic) bond motifs is 1. The molecule has 2 unspecified atom stereocenters. The number of benzene rings is 1. The van der Waals surface area contributed by atoms with Crippen molar-refractivity contribution in [1.29, 1.82) is 0 Å². The van der Waals surface area contributed by atoms with Gasteiger partial charge in [-0.1, -0.05) is 36.0 Å². The first-order valence-electron chi connectivity index (χ1n) is 9.04. The summed E-state index contributed by atoms with van der Waals surface area (Å²) in [4.78, 5) is 11.7. The van der Waals surface area contributed by atoms with Gasteiger partial charge in [0.25, 0.3) is 0 Å². The van der Waals surface area contributed by atoms with Gasteiger partial charge in [-0.3, -0.25) is 0 Å². The Bertz CT molecular complexity index is 904. The summed E-state index contributed by atoms with van der Waals surface area (Å²) in [6.45, 7) is 0. The standard InChI is InChI=1S/C20H20Cl2FN3/c21-15-9-13(10-16(22)11-15)5-4-12-2-1-3-14(8-12)19-24-17-6-7-18(23)25-20(17)26-19/h6-7,9-12,14H,1-5,8H2,(H,24,25,26). The van der Waals surface area contributed by atoms with Crippen LogP contribution in [-0.4, -0.2) is 15.0 Å². The molecular formula is C20H20Cl2FN3. The van der Waals surface area contributed by atoms with Gasteiger partial charge in [-0.2, -0.15) is 9.37 Å². The second-order valence-corrected chi connectivity index (χ2v) is 8.05. The van der Waals surface area contributed by atoms with E-state index in [1.54, 1.807) is 12.1 Å². The number of hydrogen-bond acceptors (Lipinski definition) is 2. The molecule has 1 aromatic carbocycles. The van der Waals surface area contributed by atoms with Crippen LogP contribution in [0, 0.1) is 11.9 Å². The Morgan fingerprint density at radius 1 is 1.08 bits per heavy atom. The number of nitrogens with one attached hydrogen (secondary N) is 1. The lowest BCUT2D eigenvalue weighted by Crippen LogP contribution is -2.16. The number of hydrogen-bond donors (Lipinski definition) is 1. The van der Waals surface area contributed by atoms with E-state index in [0.29, 0.717) is 27.5 Å². The number of aromatic nitrogens is 3. The SMILES string of the molecule is Fc1ccc2[nH]c(C3CCCC(CCc4cc(Cl)cc(Cl)c4)C3)nc2n1. The van der Waals surface area contributed by atoms with Crippen LogP contribution in [0.5, 0.6) is 0 Å². The molecule has 6 heteroatoms. The molecule has 0 bridgehead atoms. The zero-order chi connectivity index (χ0) is 18.1. The van der Waals surface area contributed by atoms with Gasteiger partial charge in [0.1, 0.15) is 5.82 Å². The fraction of sp³-hybridized carbons (Fsp3) is 0.400. The molecule has 0 amide bonds. The molecule has 0 saturated heterocycles. The van der Waals surface area contributed by atoms with E-state index in [9.17, 15) is 4.39 Å². The molecule has 1 aliphatic rings. The number of aromatic amines is 1. The first-order chi connectivity index (χ1) is 12.6. The van der Waals surface area contributed by atoms with Crippen LogP contribution >= 0.6 is 23.2 Å². The molecule has 1 saturated carbocycles. The smallest absolute Gasteiger partial charge is 0.215 e. The maximum absolute atomic E-state index is 13.3. The van der Waals surface area contributed by atoms with Crippen LogP contribution in [0.1, 0.15) is 49.4 Å². The van der Waals surface area contributed by atoms with E-state index in [1.165, 1.54) is 24.5 Å². The summed E-state index contributed by atoms with van der Waals surface area (Å²) in [5.41, 5.74) is 2.46. The van der Waals surface area contributed by atoms with Crippen LogP contribution < -0.4 is 0 Å². The lowest BCUT2D eigenvalue weighted by atomic mass is 9.78. The van der Waals surface area contributed by atoms with Crippen molar-refractivity contribution in [2.24, 2.45) is 5.92 Å². The normalized spacial score (nSPS) is 20.6. The third-order valence-electron chi connectivity index (χ3n) is 5.26. The van der Waals surface area contributed by atoms with E-state index in [4.69, 9.17) is 23.2 Å². The summed E-state index contributed by atoms with van der Waals surface area (Å²) >= 11 is 12.2. The predicted octanol–water partition coefficient (Wildman–Crippen LogP) is 6.31. The van der Waals surface area contributed by atoms with Gasteiger partial charge in [0.2, 0.25) is 5.95 Å². The largest absolute Gasteiger partial charge is 0.340 e. The predicted molar refractivity (Wildman–Crippen MR) is 103 cm³/mol. The molecule has 3 nitrogen and oxygen atoms in total. The van der Waals surface area contributed by atoms with Crippen molar-refractivity contribution in [1.82, 2.24) is 15.0 Å². The van der Waals surface area contributed by atoms with E-state index in [2.05, 4.69) is 15.0 Å². The fourth-order valence-electron chi connectivity index (χ4n) is 4.01. The maximum Gasteiger partial charge on any atom is 0.215 e. The van der Waals surface area contributed by atoms with Crippen LogP contribution in [0.3, 0.4) is 0 Å². The Hall–Kier alpha value is -1.65. The Morgan fingerprint density at radius 3 is 2.69 bits per heavy atom. The van der Waals surface area contributed by atoms with E-state index in [1.807, 2.05) is 12.1 Å². The minimum Gasteiger partial charge on any atom is -0.340 e. The maximum atomic E-state index is 13.3. The topological polar surface area (TPSA) is 41.6 Å². The molecule has 136 valence electrons. The van der Waals surface area contributed by atoms with E-state index >= 15 is 0 Å². The molecule has 1 N–H and O–H groups in total. The van der Waals surface area contributed by atoms with E-state index in [-0.39, 0.29) is 0 Å². The fourth-order valence-corrected chi connectivity index (χ4v) is 4.58. The summed E-state index contributed by atoms with van der Waals surface area (Å²) < 4.78 is 13.3. The summed E-state index contributed by atoms with van der Waals surface area (Å²) in [6, 6.07) is 8.82. The average molecular weight is 392 g/mol. The number of imidazole rings is 1. The lowest BCUT2D eigenvalue weighted by Gasteiger charge is -2.28. The van der Waals surface area contributed by atoms with Crippen LogP contribution in [0.25, 0.3) is 11.2 Å². The molecule has 4 rings (SSSR count). The van der Waals surface area contributed by atoms with Crippen LogP contribution in [0.4, 0.5) is 4.39 Å². The lowest BCUT2D eigenvalue weighted by molar-refractivity contribution is 0.300. The van der Waals surface area contributed by atoms with E-state index < -0.39 is 5.95 Å². The summed E-state index contributed by atoms with van der Waals surface area (Å²) in [5, 5.41) is 1.38. The highest BCUT2D eigenvalue weighted by Gasteiger charge is 2.25. The molecule has 1 fully saturated rings. The molecule has 2 atom stereocenters. The van der Waals surface area contributed by atoms with Crippen molar-refractivity contribution < 1.29 is 4.39 Å². The molecule has 2 heterocycles. The van der Waals surface area contributed by atoms with Crippen LogP contribution in [0.15, 0.2) is 30.3 Å². The van der Waals surface area contributed by atoms with Crippen LogP contribution in [0.2, 0.25) is 10.0 Å². The number of nitrogens with zero attached hydrogens (tertiary/aromatic N) is 2. The Balaban J connectivity index is 1.43. The molecule has 3 aromatic rings. The second-order valence-electron chi connectivity index (χ2n) is 7.17. The van der Waals surface area contributed by atoms with Gasteiger partial charge in [-0.25, -0.2) is 4.98 Å². The van der Waals surface area contributed by atoms with Gasteiger partial charge < -0.3 is 4.98 Å². The van der Waals surface area contributed by atoms with Crippen molar-refractivity contribution >= 4 is 34.4 Å². The van der Waals surface area contributed by atoms with Crippen molar-refractivity contribution in [2.45, 2.75) is 44.4 Å². The summed E-state index contributed by atoms with van der Waals surface area (Å²) in [5.74, 6) is 1.48. The molecule has 0 radical (unpaired) electrons. The second kappa shape index (κ2) is 7.53. The third-order valence-corrected chi connectivity index (χ3v) is 5.70. The quantitative estimate of drug-likeness (QED) is 0.529. The Kier molecular flexibility index (Phi) is 5.14. The molecule has 1 aliphatic carbocycles. The minimum atomic E-state index is -0.489. The first kappa shape index (κ1) is 17.7. The Morgan fingerprint density at radius 2 is 1.88 bits per heavy atom. The summed E-state index contributed by atoms with van der Waals surface area (Å²) in [7, 11) is 0. The van der Waals surface area contributed by atoms with Gasteiger partial charge in [-0.05, 0) is 67.5 Å². The average Bonchev–Trinajstić information content (AvgIpc) is 3.03. The first-order valence-corrected chi connectivity index (χ1v) is 9.79. The number of halogens is 3.